The zero-order chi connectivity index (χ0) is 21.2. The van der Waals surface area contributed by atoms with Gasteiger partial charge in [-0.25, -0.2) is 0 Å². The number of amides is 2. The highest BCUT2D eigenvalue weighted by atomic mass is 16.5. The third-order valence-electron chi connectivity index (χ3n) is 5.98. The van der Waals surface area contributed by atoms with Gasteiger partial charge in [0.25, 0.3) is 5.91 Å². The summed E-state index contributed by atoms with van der Waals surface area (Å²) >= 11 is 0. The number of aryl methyl sites for hydroxylation is 2. The molecule has 0 unspecified atom stereocenters. The van der Waals surface area contributed by atoms with E-state index in [1.807, 2.05) is 62.4 Å². The van der Waals surface area contributed by atoms with Crippen molar-refractivity contribution in [3.05, 3.63) is 59.7 Å². The van der Waals surface area contributed by atoms with Crippen LogP contribution in [0.1, 0.15) is 30.4 Å². The molecule has 158 valence electrons. The van der Waals surface area contributed by atoms with Gasteiger partial charge in [0.2, 0.25) is 5.91 Å². The van der Waals surface area contributed by atoms with Gasteiger partial charge in [-0.3, -0.25) is 9.59 Å². The molecular formula is C24H28N2O4. The molecule has 0 aliphatic heterocycles. The molecule has 3 aliphatic carbocycles. The summed E-state index contributed by atoms with van der Waals surface area (Å²) in [7, 11) is 0. The maximum atomic E-state index is 12.5. The number of hydrogen-bond acceptors (Lipinski definition) is 4. The summed E-state index contributed by atoms with van der Waals surface area (Å²) in [5, 5.41) is 6.01. The van der Waals surface area contributed by atoms with Crippen molar-refractivity contribution in [1.82, 2.24) is 10.6 Å². The molecule has 3 aliphatic rings. The molecule has 2 aromatic rings. The molecule has 30 heavy (non-hydrogen) atoms. The average Bonchev–Trinajstić information content (AvgIpc) is 2.67. The van der Waals surface area contributed by atoms with Gasteiger partial charge in [0, 0.05) is 5.54 Å². The molecule has 6 heteroatoms. The Kier molecular flexibility index (Phi) is 5.41. The van der Waals surface area contributed by atoms with E-state index in [2.05, 4.69) is 10.6 Å². The van der Waals surface area contributed by atoms with Crippen molar-refractivity contribution >= 4 is 11.8 Å². The Morgan fingerprint density at radius 2 is 1.40 bits per heavy atom. The van der Waals surface area contributed by atoms with Crippen LogP contribution in [0.2, 0.25) is 0 Å². The second-order valence-electron chi connectivity index (χ2n) is 8.66. The molecule has 3 fully saturated rings. The van der Waals surface area contributed by atoms with Crippen molar-refractivity contribution in [1.29, 1.82) is 0 Å². The monoisotopic (exact) mass is 408 g/mol. The highest BCUT2D eigenvalue weighted by Crippen LogP contribution is 2.67. The fourth-order valence-electron chi connectivity index (χ4n) is 4.43. The molecule has 0 spiro atoms. The van der Waals surface area contributed by atoms with Gasteiger partial charge in [-0.05, 0) is 57.4 Å². The highest BCUT2D eigenvalue weighted by molar-refractivity contribution is 5.88. The minimum absolute atomic E-state index is 0.0135. The third kappa shape index (κ3) is 4.27. The van der Waals surface area contributed by atoms with E-state index >= 15 is 0 Å². The highest BCUT2D eigenvalue weighted by Gasteiger charge is 2.72. The average molecular weight is 408 g/mol. The van der Waals surface area contributed by atoms with Crippen LogP contribution in [0.5, 0.6) is 11.5 Å². The fraction of sp³-hybridized carbons (Fsp3) is 0.417. The molecule has 0 saturated heterocycles. The Labute approximate surface area is 177 Å². The summed E-state index contributed by atoms with van der Waals surface area (Å²) in [5.74, 6) is 1.39. The fourth-order valence-corrected chi connectivity index (χ4v) is 4.43. The summed E-state index contributed by atoms with van der Waals surface area (Å²) in [6.07, 6.45) is 2.09. The lowest BCUT2D eigenvalue weighted by molar-refractivity contribution is -0.184. The maximum absolute atomic E-state index is 12.5. The minimum atomic E-state index is -0.324. The number of ether oxygens (including phenoxy) is 2. The summed E-state index contributed by atoms with van der Waals surface area (Å²) in [5.41, 5.74) is 1.77. The van der Waals surface area contributed by atoms with Crippen LogP contribution in [0.15, 0.2) is 48.5 Å². The Bertz CT molecular complexity index is 901. The van der Waals surface area contributed by atoms with E-state index in [0.717, 1.165) is 11.3 Å². The predicted molar refractivity (Wildman–Crippen MR) is 114 cm³/mol. The standard InChI is InChI=1S/C24H28N2O4/c1-17-3-7-19(8-4-17)29-12-11-25-22(28)23-14-24(15-23,16-23)26-21(27)13-30-20-9-5-18(2)6-10-20/h3-10H,11-16H2,1-2H3,(H,25,28)(H,26,27). The summed E-state index contributed by atoms with van der Waals surface area (Å²) in [6, 6.07) is 15.4. The SMILES string of the molecule is Cc1ccc(OCCNC(=O)C23CC(NC(=O)COc4ccc(C)cc4)(C2)C3)cc1. The molecule has 5 rings (SSSR count). The summed E-state index contributed by atoms with van der Waals surface area (Å²) < 4.78 is 11.2. The van der Waals surface area contributed by atoms with Crippen molar-refractivity contribution in [2.24, 2.45) is 5.41 Å². The van der Waals surface area contributed by atoms with E-state index in [1.54, 1.807) is 0 Å². The second kappa shape index (κ2) is 8.01. The number of benzene rings is 2. The van der Waals surface area contributed by atoms with Crippen LogP contribution in [-0.4, -0.2) is 37.1 Å². The Hall–Kier alpha value is -3.02. The lowest BCUT2D eigenvalue weighted by atomic mass is 9.39. The van der Waals surface area contributed by atoms with Crippen LogP contribution in [0.3, 0.4) is 0 Å². The first kappa shape index (κ1) is 20.3. The third-order valence-corrected chi connectivity index (χ3v) is 5.98. The van der Waals surface area contributed by atoms with Gasteiger partial charge in [-0.2, -0.15) is 0 Å². The van der Waals surface area contributed by atoms with E-state index in [4.69, 9.17) is 9.47 Å². The minimum Gasteiger partial charge on any atom is -0.492 e. The molecule has 6 nitrogen and oxygen atoms in total. The van der Waals surface area contributed by atoms with Gasteiger partial charge in [-0.15, -0.1) is 0 Å². The number of carbonyl (C=O) groups excluding carboxylic acids is 2. The first-order chi connectivity index (χ1) is 14.4. The van der Waals surface area contributed by atoms with Crippen LogP contribution in [-0.2, 0) is 9.59 Å². The number of rotatable bonds is 9. The predicted octanol–water partition coefficient (Wildman–Crippen LogP) is 2.92. The van der Waals surface area contributed by atoms with Gasteiger partial charge in [0.1, 0.15) is 18.1 Å². The van der Waals surface area contributed by atoms with E-state index in [1.165, 1.54) is 5.56 Å². The first-order valence-corrected chi connectivity index (χ1v) is 10.4. The van der Waals surface area contributed by atoms with Gasteiger partial charge in [0.15, 0.2) is 6.61 Å². The topological polar surface area (TPSA) is 76.7 Å². The smallest absolute Gasteiger partial charge is 0.258 e. The van der Waals surface area contributed by atoms with Gasteiger partial charge < -0.3 is 20.1 Å². The maximum Gasteiger partial charge on any atom is 0.258 e. The molecule has 0 radical (unpaired) electrons. The van der Waals surface area contributed by atoms with Crippen molar-refractivity contribution in [2.45, 2.75) is 38.6 Å². The van der Waals surface area contributed by atoms with Crippen molar-refractivity contribution < 1.29 is 19.1 Å². The lowest BCUT2D eigenvalue weighted by Gasteiger charge is -2.69. The van der Waals surface area contributed by atoms with E-state index < -0.39 is 0 Å². The molecular weight excluding hydrogens is 380 g/mol. The second-order valence-corrected chi connectivity index (χ2v) is 8.66. The Morgan fingerprint density at radius 1 is 0.867 bits per heavy atom. The lowest BCUT2D eigenvalue weighted by Crippen LogP contribution is -2.78. The molecule has 2 N–H and O–H groups in total. The first-order valence-electron chi connectivity index (χ1n) is 10.4. The molecule has 0 heterocycles. The van der Waals surface area contributed by atoms with Gasteiger partial charge in [0.05, 0.1) is 12.0 Å². The van der Waals surface area contributed by atoms with Crippen LogP contribution < -0.4 is 20.1 Å². The van der Waals surface area contributed by atoms with Crippen molar-refractivity contribution in [3.8, 4) is 11.5 Å². The van der Waals surface area contributed by atoms with E-state index in [0.29, 0.717) is 38.2 Å². The number of hydrogen-bond donors (Lipinski definition) is 2. The largest absolute Gasteiger partial charge is 0.492 e. The Morgan fingerprint density at radius 3 is 1.97 bits per heavy atom. The van der Waals surface area contributed by atoms with Gasteiger partial charge in [-0.1, -0.05) is 35.4 Å². The number of nitrogens with one attached hydrogen (secondary N) is 2. The normalized spacial score (nSPS) is 23.5. The summed E-state index contributed by atoms with van der Waals surface area (Å²) in [6.45, 7) is 4.92. The zero-order valence-electron chi connectivity index (χ0n) is 17.5. The van der Waals surface area contributed by atoms with E-state index in [-0.39, 0.29) is 29.4 Å². The van der Waals surface area contributed by atoms with E-state index in [9.17, 15) is 9.59 Å². The van der Waals surface area contributed by atoms with Crippen LogP contribution in [0.25, 0.3) is 0 Å². The van der Waals surface area contributed by atoms with Crippen LogP contribution in [0, 0.1) is 19.3 Å². The summed E-state index contributed by atoms with van der Waals surface area (Å²) in [4.78, 5) is 24.7. The molecule has 2 amide bonds. The van der Waals surface area contributed by atoms with Crippen LogP contribution in [0.4, 0.5) is 0 Å². The van der Waals surface area contributed by atoms with Crippen molar-refractivity contribution in [3.63, 3.8) is 0 Å². The van der Waals surface area contributed by atoms with Gasteiger partial charge >= 0.3 is 0 Å². The molecule has 2 bridgehead atoms. The Balaban J connectivity index is 1.13. The molecule has 0 atom stereocenters. The molecule has 3 saturated carbocycles. The van der Waals surface area contributed by atoms with Crippen LogP contribution >= 0.6 is 0 Å². The quantitative estimate of drug-likeness (QED) is 0.626. The van der Waals surface area contributed by atoms with Crippen molar-refractivity contribution in [2.75, 3.05) is 19.8 Å². The zero-order valence-corrected chi connectivity index (χ0v) is 17.5. The molecule has 2 aromatic carbocycles. The number of carbonyl (C=O) groups is 2. The molecule has 0 aromatic heterocycles.